The number of likely N-dealkylation sites (tertiary alicyclic amines) is 1. The third-order valence-electron chi connectivity index (χ3n) is 7.98. The molecule has 2 atom stereocenters. The van der Waals surface area contributed by atoms with Crippen molar-refractivity contribution < 1.29 is 14.3 Å². The van der Waals surface area contributed by atoms with Crippen LogP contribution in [-0.4, -0.2) is 70.2 Å². The van der Waals surface area contributed by atoms with Crippen molar-refractivity contribution in [2.24, 2.45) is 0 Å². The molecule has 2 aliphatic rings. The average molecular weight is 577 g/mol. The Balaban J connectivity index is 1.53. The van der Waals surface area contributed by atoms with Crippen LogP contribution in [0.1, 0.15) is 41.0 Å². The van der Waals surface area contributed by atoms with E-state index in [0.717, 1.165) is 42.6 Å². The molecule has 0 radical (unpaired) electrons. The molecule has 1 aliphatic heterocycles. The summed E-state index contributed by atoms with van der Waals surface area (Å²) in [7, 11) is 3.99. The van der Waals surface area contributed by atoms with E-state index in [4.69, 9.17) is 21.0 Å². The van der Waals surface area contributed by atoms with Gasteiger partial charge in [-0.25, -0.2) is 4.98 Å². The number of benzene rings is 2. The molecule has 2 unspecified atom stereocenters. The van der Waals surface area contributed by atoms with E-state index in [2.05, 4.69) is 18.0 Å². The molecule has 1 fully saturated rings. The van der Waals surface area contributed by atoms with Crippen molar-refractivity contribution in [1.82, 2.24) is 14.8 Å². The molecule has 1 amide bonds. The molecule has 7 nitrogen and oxygen atoms in total. The largest absolute Gasteiger partial charge is 0.437 e. The molecule has 0 bridgehead atoms. The van der Waals surface area contributed by atoms with E-state index in [1.165, 1.54) is 11.8 Å². The summed E-state index contributed by atoms with van der Waals surface area (Å²) in [5.74, 6) is 0.534. The highest BCUT2D eigenvalue weighted by Gasteiger charge is 2.47. The molecule has 3 aromatic rings. The van der Waals surface area contributed by atoms with E-state index in [-0.39, 0.29) is 24.3 Å². The van der Waals surface area contributed by atoms with E-state index in [1.54, 1.807) is 12.1 Å². The molecule has 5 rings (SSSR count). The number of aryl methyl sites for hydroxylation is 1. The van der Waals surface area contributed by atoms with E-state index in [9.17, 15) is 15.2 Å². The lowest BCUT2D eigenvalue weighted by Crippen LogP contribution is -2.45. The minimum atomic E-state index is -1.01. The zero-order chi connectivity index (χ0) is 28.4. The van der Waals surface area contributed by atoms with Crippen molar-refractivity contribution in [3.8, 4) is 6.07 Å². The number of nitrogens with zero attached hydrogens (tertiary/aromatic N) is 4. The number of oxazole rings is 1. The molecule has 0 saturated carbocycles. The van der Waals surface area contributed by atoms with Crippen molar-refractivity contribution >= 4 is 45.9 Å². The molecule has 1 saturated heterocycles. The average Bonchev–Trinajstić information content (AvgIpc) is 3.41. The van der Waals surface area contributed by atoms with Gasteiger partial charge in [-0.1, -0.05) is 42.5 Å². The van der Waals surface area contributed by atoms with Gasteiger partial charge < -0.3 is 19.3 Å². The fourth-order valence-corrected chi connectivity index (χ4v) is 7.25. The lowest BCUT2D eigenvalue weighted by atomic mass is 9.86. The standard InChI is InChI=1S/C31H33ClN4O3S/c1-20-7-4-5-8-24(20)25-9-6-12-31(29(25)32,40-19-27(38)36(3)23-10-13-35(2)14-11-23)30-34-26-16-21(18-37)15-22(17-33)28(26)39-30/h4-9,12,15-16,23,29,37H,10-11,13-14,18-19H2,1-3H3. The fraction of sp³-hybridized carbons (Fsp3) is 0.387. The first kappa shape index (κ1) is 28.4. The minimum absolute atomic E-state index is 0.0274. The van der Waals surface area contributed by atoms with Gasteiger partial charge in [0, 0.05) is 13.1 Å². The predicted octanol–water partition coefficient (Wildman–Crippen LogP) is 5.24. The van der Waals surface area contributed by atoms with Crippen molar-refractivity contribution in [1.29, 1.82) is 5.26 Å². The second kappa shape index (κ2) is 11.8. The number of aromatic nitrogens is 1. The fourth-order valence-electron chi connectivity index (χ4n) is 5.48. The van der Waals surface area contributed by atoms with Gasteiger partial charge in [-0.05, 0) is 74.3 Å². The van der Waals surface area contributed by atoms with E-state index in [1.807, 2.05) is 61.4 Å². The SMILES string of the molecule is Cc1ccccc1C1=CC=CC(SCC(=O)N(C)C2CCN(C)CC2)(c2nc3cc(CO)cc(C#N)c3o2)C1Cl. The molecule has 1 N–H and O–H groups in total. The molecular weight excluding hydrogens is 544 g/mol. The number of carbonyl (C=O) groups is 1. The zero-order valence-electron chi connectivity index (χ0n) is 22.9. The number of allylic oxidation sites excluding steroid dienone is 3. The van der Waals surface area contributed by atoms with Crippen LogP contribution in [0.2, 0.25) is 0 Å². The first-order chi connectivity index (χ1) is 19.3. The number of alkyl halides is 1. The third-order valence-corrected chi connectivity index (χ3v) is 10.1. The maximum Gasteiger partial charge on any atom is 0.232 e. The molecule has 2 heterocycles. The normalized spacial score (nSPS) is 21.8. The molecule has 40 heavy (non-hydrogen) atoms. The topological polar surface area (TPSA) is 93.6 Å². The predicted molar refractivity (Wildman–Crippen MR) is 160 cm³/mol. The number of halogens is 1. The van der Waals surface area contributed by atoms with Crippen molar-refractivity contribution in [3.05, 3.63) is 82.8 Å². The van der Waals surface area contributed by atoms with Crippen molar-refractivity contribution in [3.63, 3.8) is 0 Å². The van der Waals surface area contributed by atoms with Crippen molar-refractivity contribution in [2.75, 3.05) is 32.9 Å². The summed E-state index contributed by atoms with van der Waals surface area (Å²) in [6.07, 6.45) is 7.78. The van der Waals surface area contributed by atoms with Crippen LogP contribution < -0.4 is 0 Å². The first-order valence-electron chi connectivity index (χ1n) is 13.4. The van der Waals surface area contributed by atoms with Gasteiger partial charge >= 0.3 is 0 Å². The lowest BCUT2D eigenvalue weighted by molar-refractivity contribution is -0.129. The third kappa shape index (κ3) is 5.31. The Bertz CT molecular complexity index is 1520. The molecule has 208 valence electrons. The molecule has 9 heteroatoms. The highest BCUT2D eigenvalue weighted by Crippen LogP contribution is 2.51. The van der Waals surface area contributed by atoms with Gasteiger partial charge in [-0.15, -0.1) is 23.4 Å². The van der Waals surface area contributed by atoms with Crippen LogP contribution in [0, 0.1) is 18.3 Å². The van der Waals surface area contributed by atoms with Gasteiger partial charge in [-0.3, -0.25) is 4.79 Å². The number of hydrogen-bond donors (Lipinski definition) is 1. The Labute approximate surface area is 244 Å². The second-order valence-electron chi connectivity index (χ2n) is 10.6. The van der Waals surface area contributed by atoms with Crippen LogP contribution in [0.5, 0.6) is 0 Å². The van der Waals surface area contributed by atoms with E-state index in [0.29, 0.717) is 28.1 Å². The summed E-state index contributed by atoms with van der Waals surface area (Å²) < 4.78 is 5.30. The van der Waals surface area contributed by atoms with Gasteiger partial charge in [-0.2, -0.15) is 5.26 Å². The molecule has 0 spiro atoms. The van der Waals surface area contributed by atoms with Gasteiger partial charge in [0.15, 0.2) is 5.58 Å². The van der Waals surface area contributed by atoms with Crippen LogP contribution in [0.3, 0.4) is 0 Å². The minimum Gasteiger partial charge on any atom is -0.437 e. The number of rotatable bonds is 7. The lowest BCUT2D eigenvalue weighted by Gasteiger charge is -2.37. The van der Waals surface area contributed by atoms with Crippen LogP contribution >= 0.6 is 23.4 Å². The Hall–Kier alpha value is -3.09. The number of nitriles is 1. The Morgan fingerprint density at radius 1 is 1.32 bits per heavy atom. The van der Waals surface area contributed by atoms with Crippen LogP contribution in [0.4, 0.5) is 0 Å². The molecule has 1 aromatic heterocycles. The zero-order valence-corrected chi connectivity index (χ0v) is 24.5. The van der Waals surface area contributed by atoms with E-state index < -0.39 is 10.1 Å². The summed E-state index contributed by atoms with van der Waals surface area (Å²) in [4.78, 5) is 22.5. The summed E-state index contributed by atoms with van der Waals surface area (Å²) in [6, 6.07) is 13.7. The monoisotopic (exact) mass is 576 g/mol. The number of aliphatic hydroxyl groups excluding tert-OH is 1. The maximum absolute atomic E-state index is 13.5. The van der Waals surface area contributed by atoms with E-state index >= 15 is 0 Å². The summed E-state index contributed by atoms with van der Waals surface area (Å²) >= 11 is 8.76. The number of aliphatic hydroxyl groups is 1. The van der Waals surface area contributed by atoms with Crippen LogP contribution in [0.15, 0.2) is 59.0 Å². The van der Waals surface area contributed by atoms with Gasteiger partial charge in [0.05, 0.1) is 23.3 Å². The molecule has 1 aliphatic carbocycles. The number of amides is 1. The summed E-state index contributed by atoms with van der Waals surface area (Å²) in [5.41, 5.74) is 4.68. The molecule has 2 aromatic carbocycles. The Morgan fingerprint density at radius 2 is 2.08 bits per heavy atom. The smallest absolute Gasteiger partial charge is 0.232 e. The number of fused-ring (bicyclic) bond motifs is 1. The molecular formula is C31H33ClN4O3S. The number of hydrogen-bond acceptors (Lipinski definition) is 7. The van der Waals surface area contributed by atoms with Crippen LogP contribution in [-0.2, 0) is 16.1 Å². The van der Waals surface area contributed by atoms with Gasteiger partial charge in [0.1, 0.15) is 16.3 Å². The highest BCUT2D eigenvalue weighted by molar-refractivity contribution is 8.01. The van der Waals surface area contributed by atoms with Gasteiger partial charge in [0.2, 0.25) is 11.8 Å². The summed E-state index contributed by atoms with van der Waals surface area (Å²) in [5, 5.41) is 18.9. The highest BCUT2D eigenvalue weighted by atomic mass is 35.5. The first-order valence-corrected chi connectivity index (χ1v) is 14.8. The Kier molecular flexibility index (Phi) is 8.39. The quantitative estimate of drug-likeness (QED) is 0.384. The summed E-state index contributed by atoms with van der Waals surface area (Å²) in [6.45, 7) is 3.76. The number of carbonyl (C=O) groups excluding carboxylic acids is 1. The van der Waals surface area contributed by atoms with Crippen LogP contribution in [0.25, 0.3) is 16.7 Å². The van der Waals surface area contributed by atoms with Gasteiger partial charge in [0.25, 0.3) is 0 Å². The number of thioether (sulfide) groups is 1. The van der Waals surface area contributed by atoms with Crippen molar-refractivity contribution in [2.45, 2.75) is 42.5 Å². The number of piperidine rings is 1. The second-order valence-corrected chi connectivity index (χ2v) is 12.2. The maximum atomic E-state index is 13.5. The Morgan fingerprint density at radius 3 is 2.77 bits per heavy atom.